The Morgan fingerprint density at radius 3 is 2.75 bits per heavy atom. The van der Waals surface area contributed by atoms with Gasteiger partial charge in [-0.25, -0.2) is 8.78 Å². The number of hydrogen-bond donors (Lipinski definition) is 2. The number of carbonyl (C=O) groups excluding carboxylic acids is 1. The minimum atomic E-state index is -0.757. The van der Waals surface area contributed by atoms with Crippen LogP contribution in [0.1, 0.15) is 6.42 Å². The first-order valence-electron chi connectivity index (χ1n) is 6.71. The van der Waals surface area contributed by atoms with E-state index in [-0.39, 0.29) is 18.1 Å². The monoisotopic (exact) mass is 283 g/mol. The number of anilines is 1. The number of halogens is 2. The Bertz CT molecular complexity index is 461. The average Bonchev–Trinajstić information content (AvgIpc) is 2.82. The Balaban J connectivity index is 1.87. The summed E-state index contributed by atoms with van der Waals surface area (Å²) in [4.78, 5) is 13.8. The molecule has 20 heavy (non-hydrogen) atoms. The second-order valence-corrected chi connectivity index (χ2v) is 5.09. The van der Waals surface area contributed by atoms with E-state index in [1.807, 2.05) is 11.9 Å². The van der Waals surface area contributed by atoms with Crippen molar-refractivity contribution in [1.29, 1.82) is 0 Å². The van der Waals surface area contributed by atoms with Crippen molar-refractivity contribution in [3.63, 3.8) is 0 Å². The predicted octanol–water partition coefficient (Wildman–Crippen LogP) is 1.44. The molecule has 0 aromatic heterocycles. The molecule has 1 aromatic carbocycles. The van der Waals surface area contributed by atoms with E-state index >= 15 is 0 Å². The lowest BCUT2D eigenvalue weighted by Crippen LogP contribution is -2.33. The molecule has 110 valence electrons. The van der Waals surface area contributed by atoms with Crippen molar-refractivity contribution in [2.45, 2.75) is 6.42 Å². The molecule has 1 amide bonds. The van der Waals surface area contributed by atoms with Crippen LogP contribution in [0, 0.1) is 17.6 Å². The molecule has 4 nitrogen and oxygen atoms in total. The van der Waals surface area contributed by atoms with Crippen LogP contribution in [0.2, 0.25) is 0 Å². The molecule has 0 bridgehead atoms. The van der Waals surface area contributed by atoms with E-state index < -0.39 is 11.6 Å². The van der Waals surface area contributed by atoms with Crippen LogP contribution in [-0.2, 0) is 4.79 Å². The lowest BCUT2D eigenvalue weighted by molar-refractivity contribution is -0.117. The van der Waals surface area contributed by atoms with Gasteiger partial charge in [0.05, 0.1) is 6.54 Å². The van der Waals surface area contributed by atoms with Gasteiger partial charge in [-0.1, -0.05) is 6.07 Å². The molecule has 0 spiro atoms. The number of carbonyl (C=O) groups is 1. The highest BCUT2D eigenvalue weighted by Gasteiger charge is 2.24. The summed E-state index contributed by atoms with van der Waals surface area (Å²) >= 11 is 0. The van der Waals surface area contributed by atoms with Crippen LogP contribution in [0.25, 0.3) is 0 Å². The third-order valence-corrected chi connectivity index (χ3v) is 3.46. The van der Waals surface area contributed by atoms with Gasteiger partial charge >= 0.3 is 0 Å². The maximum Gasteiger partial charge on any atom is 0.238 e. The first-order valence-corrected chi connectivity index (χ1v) is 6.71. The molecule has 1 unspecified atom stereocenters. The minimum Gasteiger partial charge on any atom is -0.320 e. The molecule has 0 saturated carbocycles. The number of nitrogens with zero attached hydrogens (tertiary/aromatic N) is 1. The molecule has 0 aliphatic carbocycles. The summed E-state index contributed by atoms with van der Waals surface area (Å²) in [5.74, 6) is -1.38. The zero-order chi connectivity index (χ0) is 14.5. The molecular weight excluding hydrogens is 264 g/mol. The van der Waals surface area contributed by atoms with Gasteiger partial charge in [-0.05, 0) is 44.6 Å². The Hall–Kier alpha value is -1.53. The highest BCUT2D eigenvalue weighted by Crippen LogP contribution is 2.19. The van der Waals surface area contributed by atoms with E-state index in [1.54, 1.807) is 0 Å². The lowest BCUT2D eigenvalue weighted by atomic mass is 10.1. The van der Waals surface area contributed by atoms with Gasteiger partial charge < -0.3 is 10.6 Å². The van der Waals surface area contributed by atoms with Gasteiger partial charge in [0, 0.05) is 6.54 Å². The third-order valence-electron chi connectivity index (χ3n) is 3.46. The standard InChI is InChI=1S/C14H19F2N3O/c1-17-7-10-5-6-19(8-10)9-13(20)18-14-11(15)3-2-4-12(14)16/h2-4,10,17H,5-9H2,1H3,(H,18,20). The minimum absolute atomic E-state index is 0.161. The SMILES string of the molecule is CNCC1CCN(CC(=O)Nc2c(F)cccc2F)C1. The van der Waals surface area contributed by atoms with E-state index in [1.165, 1.54) is 6.07 Å². The molecule has 1 atom stereocenters. The Morgan fingerprint density at radius 1 is 1.40 bits per heavy atom. The van der Waals surface area contributed by atoms with Gasteiger partial charge in [0.1, 0.15) is 17.3 Å². The summed E-state index contributed by atoms with van der Waals surface area (Å²) in [6.07, 6.45) is 1.03. The van der Waals surface area contributed by atoms with Crippen LogP contribution < -0.4 is 10.6 Å². The molecule has 0 radical (unpaired) electrons. The number of benzene rings is 1. The summed E-state index contributed by atoms with van der Waals surface area (Å²) < 4.78 is 26.8. The molecule has 1 fully saturated rings. The largest absolute Gasteiger partial charge is 0.320 e. The van der Waals surface area contributed by atoms with Gasteiger partial charge in [0.25, 0.3) is 0 Å². The van der Waals surface area contributed by atoms with Crippen molar-refractivity contribution in [2.75, 3.05) is 38.5 Å². The van der Waals surface area contributed by atoms with Crippen LogP contribution in [0.3, 0.4) is 0 Å². The fourth-order valence-corrected chi connectivity index (χ4v) is 2.51. The molecule has 1 aliphatic rings. The third kappa shape index (κ3) is 3.74. The van der Waals surface area contributed by atoms with Crippen molar-refractivity contribution in [3.8, 4) is 0 Å². The van der Waals surface area contributed by atoms with Crippen LogP contribution in [-0.4, -0.2) is 44.0 Å². The van der Waals surface area contributed by atoms with Crippen molar-refractivity contribution in [2.24, 2.45) is 5.92 Å². The van der Waals surface area contributed by atoms with Gasteiger partial charge in [0.15, 0.2) is 0 Å². The number of likely N-dealkylation sites (tertiary alicyclic amines) is 1. The van der Waals surface area contributed by atoms with E-state index in [9.17, 15) is 13.6 Å². The highest BCUT2D eigenvalue weighted by molar-refractivity contribution is 5.92. The van der Waals surface area contributed by atoms with Gasteiger partial charge in [-0.15, -0.1) is 0 Å². The first kappa shape index (κ1) is 14.9. The molecule has 6 heteroatoms. The second kappa shape index (κ2) is 6.76. The summed E-state index contributed by atoms with van der Waals surface area (Å²) in [5, 5.41) is 5.42. The smallest absolute Gasteiger partial charge is 0.238 e. The van der Waals surface area contributed by atoms with E-state index in [0.29, 0.717) is 5.92 Å². The zero-order valence-corrected chi connectivity index (χ0v) is 11.5. The van der Waals surface area contributed by atoms with E-state index in [2.05, 4.69) is 10.6 Å². The van der Waals surface area contributed by atoms with Crippen molar-refractivity contribution >= 4 is 11.6 Å². The molecule has 2 rings (SSSR count). The summed E-state index contributed by atoms with van der Waals surface area (Å²) in [7, 11) is 1.90. The summed E-state index contributed by atoms with van der Waals surface area (Å²) in [5.41, 5.74) is -0.372. The fraction of sp³-hybridized carbons (Fsp3) is 0.500. The Kier molecular flexibility index (Phi) is 5.03. The Labute approximate surface area is 117 Å². The summed E-state index contributed by atoms with van der Waals surface area (Å²) in [6, 6.07) is 3.51. The molecular formula is C14H19F2N3O. The van der Waals surface area contributed by atoms with Gasteiger partial charge in [-0.2, -0.15) is 0 Å². The van der Waals surface area contributed by atoms with Crippen LogP contribution in [0.5, 0.6) is 0 Å². The molecule has 1 aliphatic heterocycles. The lowest BCUT2D eigenvalue weighted by Gasteiger charge is -2.16. The molecule has 1 heterocycles. The Morgan fingerprint density at radius 2 is 2.10 bits per heavy atom. The van der Waals surface area contributed by atoms with E-state index in [4.69, 9.17) is 0 Å². The topological polar surface area (TPSA) is 44.4 Å². The number of para-hydroxylation sites is 1. The fourth-order valence-electron chi connectivity index (χ4n) is 2.51. The van der Waals surface area contributed by atoms with Crippen molar-refractivity contribution in [1.82, 2.24) is 10.2 Å². The molecule has 1 aromatic rings. The molecule has 1 saturated heterocycles. The van der Waals surface area contributed by atoms with Crippen molar-refractivity contribution in [3.05, 3.63) is 29.8 Å². The number of rotatable bonds is 5. The van der Waals surface area contributed by atoms with Gasteiger partial charge in [0.2, 0.25) is 5.91 Å². The van der Waals surface area contributed by atoms with Crippen molar-refractivity contribution < 1.29 is 13.6 Å². The predicted molar refractivity (Wildman–Crippen MR) is 73.5 cm³/mol. The van der Waals surface area contributed by atoms with Crippen LogP contribution in [0.15, 0.2) is 18.2 Å². The zero-order valence-electron chi connectivity index (χ0n) is 11.5. The number of hydrogen-bond acceptors (Lipinski definition) is 3. The molecule has 2 N–H and O–H groups in total. The van der Waals surface area contributed by atoms with E-state index in [0.717, 1.165) is 38.2 Å². The number of amides is 1. The highest BCUT2D eigenvalue weighted by atomic mass is 19.1. The van der Waals surface area contributed by atoms with Crippen LogP contribution >= 0.6 is 0 Å². The first-order chi connectivity index (χ1) is 9.60. The average molecular weight is 283 g/mol. The maximum absolute atomic E-state index is 13.4. The normalized spacial score (nSPS) is 19.2. The summed E-state index contributed by atoms with van der Waals surface area (Å²) in [6.45, 7) is 2.74. The maximum atomic E-state index is 13.4. The second-order valence-electron chi connectivity index (χ2n) is 5.09. The van der Waals surface area contributed by atoms with Crippen LogP contribution in [0.4, 0.5) is 14.5 Å². The van der Waals surface area contributed by atoms with Gasteiger partial charge in [-0.3, -0.25) is 9.69 Å². The quantitative estimate of drug-likeness (QED) is 0.859. The number of nitrogens with one attached hydrogen (secondary N) is 2.